The molecule has 3 N–H and O–H groups in total. The molecule has 3 rings (SSSR count). The molecule has 1 aromatic carbocycles. The van der Waals surface area contributed by atoms with Crippen LogP contribution < -0.4 is 15.2 Å². The van der Waals surface area contributed by atoms with Crippen molar-refractivity contribution in [1.82, 2.24) is 4.72 Å². The van der Waals surface area contributed by atoms with E-state index >= 15 is 0 Å². The van der Waals surface area contributed by atoms with Gasteiger partial charge in [0.15, 0.2) is 0 Å². The Labute approximate surface area is 132 Å². The van der Waals surface area contributed by atoms with Crippen LogP contribution in [0.5, 0.6) is 5.75 Å². The Kier molecular flexibility index (Phi) is 3.85. The fraction of sp³-hybridized carbons (Fsp3) is 0.625. The van der Waals surface area contributed by atoms with E-state index in [0.29, 0.717) is 23.8 Å². The molecule has 6 heteroatoms. The quantitative estimate of drug-likeness (QED) is 0.816. The van der Waals surface area contributed by atoms with Gasteiger partial charge in [0, 0.05) is 17.7 Å². The summed E-state index contributed by atoms with van der Waals surface area (Å²) in [7, 11) is -3.29. The van der Waals surface area contributed by atoms with Crippen LogP contribution in [0.4, 0.5) is 5.69 Å². The van der Waals surface area contributed by atoms with Crippen LogP contribution in [0.3, 0.4) is 0 Å². The van der Waals surface area contributed by atoms with Gasteiger partial charge in [-0.3, -0.25) is 0 Å². The Morgan fingerprint density at radius 2 is 2.09 bits per heavy atom. The lowest BCUT2D eigenvalue weighted by molar-refractivity contribution is 0.0702. The number of rotatable bonds is 5. The average Bonchev–Trinajstić information content (AvgIpc) is 3.20. The summed E-state index contributed by atoms with van der Waals surface area (Å²) in [6.07, 6.45) is 3.68. The van der Waals surface area contributed by atoms with Crippen LogP contribution in [-0.4, -0.2) is 19.8 Å². The second kappa shape index (κ2) is 5.42. The van der Waals surface area contributed by atoms with Crippen LogP contribution in [-0.2, 0) is 10.0 Å². The van der Waals surface area contributed by atoms with Crippen molar-refractivity contribution in [2.24, 2.45) is 5.92 Å². The minimum atomic E-state index is -3.29. The predicted octanol–water partition coefficient (Wildman–Crippen LogP) is 2.59. The highest BCUT2D eigenvalue weighted by molar-refractivity contribution is 7.89. The molecule has 1 aromatic rings. The zero-order valence-electron chi connectivity index (χ0n) is 13.1. The molecule has 1 heterocycles. The molecule has 2 aliphatic rings. The van der Waals surface area contributed by atoms with Crippen LogP contribution in [0.1, 0.15) is 51.1 Å². The van der Waals surface area contributed by atoms with E-state index in [1.165, 1.54) is 12.8 Å². The fourth-order valence-electron chi connectivity index (χ4n) is 2.98. The molecular weight excluding hydrogens is 300 g/mol. The van der Waals surface area contributed by atoms with Gasteiger partial charge in [0.25, 0.3) is 0 Å². The molecule has 1 aliphatic carbocycles. The average molecular weight is 324 g/mol. The molecule has 0 bridgehead atoms. The first-order valence-electron chi connectivity index (χ1n) is 7.82. The molecule has 122 valence electrons. The first-order chi connectivity index (χ1) is 10.2. The highest BCUT2D eigenvalue weighted by Gasteiger charge is 2.36. The number of nitrogens with one attached hydrogen (secondary N) is 1. The Bertz CT molecular complexity index is 666. The molecule has 5 nitrogen and oxygen atoms in total. The smallest absolute Gasteiger partial charge is 0.212 e. The number of nitrogen functional groups attached to an aromatic ring is 1. The molecular formula is C16H24N2O3S. The number of benzene rings is 1. The van der Waals surface area contributed by atoms with E-state index in [4.69, 9.17) is 10.5 Å². The lowest BCUT2D eigenvalue weighted by Gasteiger charge is -2.37. The Balaban J connectivity index is 1.81. The Hall–Kier alpha value is -1.27. The Morgan fingerprint density at radius 3 is 2.77 bits per heavy atom. The van der Waals surface area contributed by atoms with E-state index in [0.717, 1.165) is 12.0 Å². The predicted molar refractivity (Wildman–Crippen MR) is 87.2 cm³/mol. The van der Waals surface area contributed by atoms with Crippen molar-refractivity contribution >= 4 is 15.7 Å². The third-order valence-electron chi connectivity index (χ3n) is 4.30. The second-order valence-corrected chi connectivity index (χ2v) is 8.96. The van der Waals surface area contributed by atoms with E-state index in [1.54, 1.807) is 12.1 Å². The van der Waals surface area contributed by atoms with E-state index < -0.39 is 15.6 Å². The van der Waals surface area contributed by atoms with Gasteiger partial charge in [0.1, 0.15) is 11.4 Å². The van der Waals surface area contributed by atoms with Crippen molar-refractivity contribution in [2.45, 2.75) is 51.2 Å². The molecule has 0 saturated heterocycles. The number of nitrogens with two attached hydrogens (primary N) is 1. The number of fused-ring (bicyclic) bond motifs is 1. The normalized spacial score (nSPS) is 23.6. The molecule has 1 saturated carbocycles. The highest BCUT2D eigenvalue weighted by Crippen LogP contribution is 2.41. The zero-order valence-corrected chi connectivity index (χ0v) is 13.9. The molecule has 0 spiro atoms. The largest absolute Gasteiger partial charge is 0.487 e. The van der Waals surface area contributed by atoms with Gasteiger partial charge in [-0.05, 0) is 44.4 Å². The first kappa shape index (κ1) is 15.6. The third-order valence-corrected chi connectivity index (χ3v) is 5.72. The monoisotopic (exact) mass is 324 g/mol. The maximum absolute atomic E-state index is 12.4. The fourth-order valence-corrected chi connectivity index (χ4v) is 4.39. The molecule has 1 unspecified atom stereocenters. The van der Waals surface area contributed by atoms with Gasteiger partial charge < -0.3 is 10.5 Å². The summed E-state index contributed by atoms with van der Waals surface area (Å²) < 4.78 is 33.5. The second-order valence-electron chi connectivity index (χ2n) is 7.08. The number of hydrogen-bond acceptors (Lipinski definition) is 4. The maximum atomic E-state index is 12.4. The summed E-state index contributed by atoms with van der Waals surface area (Å²) in [4.78, 5) is 0. The van der Waals surface area contributed by atoms with Gasteiger partial charge in [-0.2, -0.15) is 0 Å². The van der Waals surface area contributed by atoms with Crippen LogP contribution >= 0.6 is 0 Å². The van der Waals surface area contributed by atoms with Gasteiger partial charge in [-0.25, -0.2) is 13.1 Å². The topological polar surface area (TPSA) is 81.4 Å². The third kappa shape index (κ3) is 3.73. The summed E-state index contributed by atoms with van der Waals surface area (Å²) in [5.41, 5.74) is 6.88. The van der Waals surface area contributed by atoms with E-state index in [9.17, 15) is 8.42 Å². The van der Waals surface area contributed by atoms with Crippen LogP contribution in [0.2, 0.25) is 0 Å². The van der Waals surface area contributed by atoms with Crippen LogP contribution in [0.15, 0.2) is 18.2 Å². The van der Waals surface area contributed by atoms with Crippen LogP contribution in [0.25, 0.3) is 0 Å². The standard InChI is InChI=1S/C16H24N2O3S/c1-16(2)10-14(13-9-12(17)5-6-15(13)21-16)18-22(19,20)8-7-11-3-4-11/h5-6,9,11,14,18H,3-4,7-8,10,17H2,1-2H3. The van der Waals surface area contributed by atoms with Crippen molar-refractivity contribution in [2.75, 3.05) is 11.5 Å². The molecule has 0 radical (unpaired) electrons. The van der Waals surface area contributed by atoms with Crippen molar-refractivity contribution in [1.29, 1.82) is 0 Å². The minimum Gasteiger partial charge on any atom is -0.487 e. The summed E-state index contributed by atoms with van der Waals surface area (Å²) in [5.74, 6) is 1.51. The SMILES string of the molecule is CC1(C)CC(NS(=O)(=O)CCC2CC2)c2cc(N)ccc2O1. The maximum Gasteiger partial charge on any atom is 0.212 e. The van der Waals surface area contributed by atoms with Crippen molar-refractivity contribution in [3.05, 3.63) is 23.8 Å². The van der Waals surface area contributed by atoms with E-state index in [1.807, 2.05) is 19.9 Å². The lowest BCUT2D eigenvalue weighted by atomic mass is 9.90. The zero-order chi connectivity index (χ0) is 16.0. The Morgan fingerprint density at radius 1 is 1.36 bits per heavy atom. The van der Waals surface area contributed by atoms with Crippen molar-refractivity contribution in [3.63, 3.8) is 0 Å². The molecule has 0 aromatic heterocycles. The summed E-state index contributed by atoms with van der Waals surface area (Å²) >= 11 is 0. The van der Waals surface area contributed by atoms with Gasteiger partial charge >= 0.3 is 0 Å². The van der Waals surface area contributed by atoms with E-state index in [-0.39, 0.29) is 11.8 Å². The van der Waals surface area contributed by atoms with Gasteiger partial charge in [-0.15, -0.1) is 0 Å². The first-order valence-corrected chi connectivity index (χ1v) is 9.48. The van der Waals surface area contributed by atoms with Crippen molar-refractivity contribution < 1.29 is 13.2 Å². The molecule has 1 atom stereocenters. The highest BCUT2D eigenvalue weighted by atomic mass is 32.2. The van der Waals surface area contributed by atoms with Crippen LogP contribution in [0, 0.1) is 5.92 Å². The summed E-state index contributed by atoms with van der Waals surface area (Å²) in [6, 6.07) is 5.11. The molecule has 0 amide bonds. The number of anilines is 1. The minimum absolute atomic E-state index is 0.201. The number of sulfonamides is 1. The molecule has 1 fully saturated rings. The molecule has 22 heavy (non-hydrogen) atoms. The lowest BCUT2D eigenvalue weighted by Crippen LogP contribution is -2.41. The molecule has 1 aliphatic heterocycles. The van der Waals surface area contributed by atoms with Gasteiger partial charge in [0.05, 0.1) is 11.8 Å². The number of hydrogen-bond donors (Lipinski definition) is 2. The van der Waals surface area contributed by atoms with Gasteiger partial charge in [-0.1, -0.05) is 12.8 Å². The summed E-state index contributed by atoms with van der Waals surface area (Å²) in [5, 5.41) is 0. The van der Waals surface area contributed by atoms with Crippen molar-refractivity contribution in [3.8, 4) is 5.75 Å². The van der Waals surface area contributed by atoms with E-state index in [2.05, 4.69) is 4.72 Å². The summed E-state index contributed by atoms with van der Waals surface area (Å²) in [6.45, 7) is 3.94. The van der Waals surface area contributed by atoms with Gasteiger partial charge in [0.2, 0.25) is 10.0 Å². The number of ether oxygens (including phenoxy) is 1.